The van der Waals surface area contributed by atoms with Crippen LogP contribution in [-0.4, -0.2) is 61.3 Å². The van der Waals surface area contributed by atoms with Crippen molar-refractivity contribution in [1.82, 2.24) is 0 Å². The first kappa shape index (κ1) is 18.4. The molecule has 0 amide bonds. The summed E-state index contributed by atoms with van der Waals surface area (Å²) in [6.45, 7) is -0.580. The van der Waals surface area contributed by atoms with E-state index in [1.165, 1.54) is 0 Å². The largest absolute Gasteiger partial charge is 0.390 e. The topological polar surface area (TPSA) is 42.0 Å². The van der Waals surface area contributed by atoms with Gasteiger partial charge in [-0.3, -0.25) is 0 Å². The highest BCUT2D eigenvalue weighted by molar-refractivity contribution is 4.98. The molecule has 0 spiro atoms. The van der Waals surface area contributed by atoms with Crippen LogP contribution < -0.4 is 0 Å². The third-order valence-corrected chi connectivity index (χ3v) is 2.66. The Bertz CT molecular complexity index is 345. The lowest BCUT2D eigenvalue weighted by atomic mass is 9.99. The van der Waals surface area contributed by atoms with Crippen molar-refractivity contribution in [1.29, 1.82) is 0 Å². The van der Waals surface area contributed by atoms with Crippen molar-refractivity contribution in [2.75, 3.05) is 19.8 Å². The number of hydrogen-bond acceptors (Lipinski definition) is 3. The van der Waals surface area contributed by atoms with Crippen LogP contribution in [0.2, 0.25) is 0 Å². The van der Waals surface area contributed by atoms with Gasteiger partial charge in [-0.25, -0.2) is 8.78 Å². The first-order valence-corrected chi connectivity index (χ1v) is 5.71. The molecule has 0 bridgehead atoms. The maximum absolute atomic E-state index is 13.1. The van der Waals surface area contributed by atoms with Crippen LogP contribution in [0.1, 0.15) is 6.42 Å². The Balaban J connectivity index is 2.60. The third-order valence-electron chi connectivity index (χ3n) is 2.66. The molecule has 0 saturated carbocycles. The number of hydrogen-bond donors (Lipinski definition) is 1. The molecular weight excluding hydrogens is 320 g/mol. The van der Waals surface area contributed by atoms with Gasteiger partial charge in [0.05, 0.1) is 25.9 Å². The molecule has 0 aromatic rings. The van der Waals surface area contributed by atoms with Gasteiger partial charge in [-0.05, 0) is 0 Å². The fourth-order valence-corrected chi connectivity index (χ4v) is 1.36. The zero-order valence-corrected chi connectivity index (χ0v) is 10.3. The molecule has 21 heavy (non-hydrogen) atoms. The summed E-state index contributed by atoms with van der Waals surface area (Å²) < 4.78 is 110. The quantitative estimate of drug-likeness (QED) is 0.520. The van der Waals surface area contributed by atoms with E-state index >= 15 is 0 Å². The van der Waals surface area contributed by atoms with Crippen LogP contribution in [0.15, 0.2) is 0 Å². The minimum atomic E-state index is -6.31. The first-order valence-electron chi connectivity index (χ1n) is 5.71. The van der Waals surface area contributed by atoms with Gasteiger partial charge in [0.2, 0.25) is 0 Å². The van der Waals surface area contributed by atoms with Gasteiger partial charge in [0.25, 0.3) is 0 Å². The number of aliphatic hydroxyl groups is 1. The second-order valence-electron chi connectivity index (χ2n) is 4.55. The molecule has 1 N–H and O–H groups in total. The molecule has 0 aromatic carbocycles. The normalized spacial score (nSPS) is 21.7. The van der Waals surface area contributed by atoms with Crippen LogP contribution in [0.25, 0.3) is 0 Å². The predicted molar refractivity (Wildman–Crippen MR) is 52.0 cm³/mol. The van der Waals surface area contributed by atoms with Crippen molar-refractivity contribution < 1.29 is 49.7 Å². The molecule has 1 saturated heterocycles. The zero-order valence-electron chi connectivity index (χ0n) is 10.3. The average molecular weight is 332 g/mol. The Kier molecular flexibility index (Phi) is 5.43. The maximum Gasteiger partial charge on any atom is 0.377 e. The van der Waals surface area contributed by atoms with Crippen molar-refractivity contribution in [3.63, 3.8) is 0 Å². The van der Waals surface area contributed by atoms with Gasteiger partial charge < -0.3 is 14.6 Å². The number of aliphatic hydroxyl groups excluding tert-OH is 1. The van der Waals surface area contributed by atoms with E-state index in [0.717, 1.165) is 0 Å². The maximum atomic E-state index is 13.1. The average Bonchev–Trinajstić information content (AvgIpc) is 3.11. The van der Waals surface area contributed by atoms with E-state index in [1.807, 2.05) is 0 Å². The highest BCUT2D eigenvalue weighted by atomic mass is 19.4. The predicted octanol–water partition coefficient (Wildman–Crippen LogP) is 2.32. The lowest BCUT2D eigenvalue weighted by Crippen LogP contribution is -2.58. The van der Waals surface area contributed by atoms with E-state index in [1.54, 1.807) is 0 Å². The number of alkyl halides is 8. The summed E-state index contributed by atoms with van der Waals surface area (Å²) in [4.78, 5) is 0. The second kappa shape index (κ2) is 6.21. The smallest absolute Gasteiger partial charge is 0.377 e. The van der Waals surface area contributed by atoms with Crippen LogP contribution in [0.3, 0.4) is 0 Å². The van der Waals surface area contributed by atoms with Crippen LogP contribution >= 0.6 is 0 Å². The molecule has 0 radical (unpaired) electrons. The summed E-state index contributed by atoms with van der Waals surface area (Å²) in [6.07, 6.45) is -9.63. The lowest BCUT2D eigenvalue weighted by molar-refractivity contribution is -0.343. The number of rotatable bonds is 9. The monoisotopic (exact) mass is 332 g/mol. The third kappa shape index (κ3) is 4.16. The van der Waals surface area contributed by atoms with E-state index in [-0.39, 0.29) is 12.7 Å². The van der Waals surface area contributed by atoms with Crippen LogP contribution in [-0.2, 0) is 9.47 Å². The van der Waals surface area contributed by atoms with E-state index in [9.17, 15) is 35.1 Å². The van der Waals surface area contributed by atoms with Gasteiger partial charge in [0.1, 0.15) is 6.10 Å². The van der Waals surface area contributed by atoms with E-state index in [2.05, 4.69) is 9.47 Å². The Morgan fingerprint density at radius 1 is 1.14 bits per heavy atom. The van der Waals surface area contributed by atoms with Gasteiger partial charge in [0.15, 0.2) is 0 Å². The van der Waals surface area contributed by atoms with E-state index in [4.69, 9.17) is 5.11 Å². The number of halogens is 8. The molecule has 126 valence electrons. The molecule has 1 aliphatic heterocycles. The summed E-state index contributed by atoms with van der Waals surface area (Å²) in [5, 5.41) is 9.07. The molecule has 1 aliphatic rings. The van der Waals surface area contributed by atoms with Crippen molar-refractivity contribution in [3.8, 4) is 0 Å². The van der Waals surface area contributed by atoms with Crippen LogP contribution in [0.5, 0.6) is 0 Å². The Morgan fingerprint density at radius 3 is 2.10 bits per heavy atom. The fraction of sp³-hybridized carbons (Fsp3) is 1.00. The summed E-state index contributed by atoms with van der Waals surface area (Å²) in [5.74, 6) is -18.1. The molecule has 0 aromatic heterocycles. The molecular formula is C10H12F8O3. The summed E-state index contributed by atoms with van der Waals surface area (Å²) in [6, 6.07) is 0. The summed E-state index contributed by atoms with van der Waals surface area (Å²) >= 11 is 0. The molecule has 0 aliphatic carbocycles. The molecule has 1 fully saturated rings. The summed E-state index contributed by atoms with van der Waals surface area (Å²) in [7, 11) is 0. The van der Waals surface area contributed by atoms with Crippen molar-refractivity contribution in [3.05, 3.63) is 0 Å². The van der Waals surface area contributed by atoms with Gasteiger partial charge in [-0.1, -0.05) is 0 Å². The Labute approximate surface area is 113 Å². The second-order valence-corrected chi connectivity index (χ2v) is 4.55. The molecule has 2 unspecified atom stereocenters. The molecule has 11 heteroatoms. The number of epoxide rings is 1. The Hall–Kier alpha value is -0.680. The minimum Gasteiger partial charge on any atom is -0.390 e. The number of ether oxygens (including phenoxy) is 2. The summed E-state index contributed by atoms with van der Waals surface area (Å²) in [5.41, 5.74) is 0. The van der Waals surface area contributed by atoms with Gasteiger partial charge in [-0.15, -0.1) is 0 Å². The first-order chi connectivity index (χ1) is 9.42. The zero-order chi connectivity index (χ0) is 16.5. The van der Waals surface area contributed by atoms with E-state index in [0.29, 0.717) is 6.61 Å². The fourth-order valence-electron chi connectivity index (χ4n) is 1.36. The van der Waals surface area contributed by atoms with Gasteiger partial charge in [-0.2, -0.15) is 26.3 Å². The SMILES string of the molecule is OC(COCC1CO1)CC(F)(F)C(F)(F)C(F)(F)C(F)F. The highest BCUT2D eigenvalue weighted by Gasteiger charge is 2.75. The van der Waals surface area contributed by atoms with Crippen molar-refractivity contribution >= 4 is 0 Å². The standard InChI is InChI=1S/C10H12F8O3/c11-7(12)9(15,16)10(17,18)8(13,14)1-5(19)2-20-3-6-4-21-6/h5-7,19H,1-4H2. The van der Waals surface area contributed by atoms with Crippen LogP contribution in [0.4, 0.5) is 35.1 Å². The molecule has 3 nitrogen and oxygen atoms in total. The molecule has 1 rings (SSSR count). The van der Waals surface area contributed by atoms with E-state index < -0.39 is 43.3 Å². The minimum absolute atomic E-state index is 0.0911. The Morgan fingerprint density at radius 2 is 1.67 bits per heavy atom. The van der Waals surface area contributed by atoms with Gasteiger partial charge in [0, 0.05) is 6.42 Å². The van der Waals surface area contributed by atoms with Crippen molar-refractivity contribution in [2.45, 2.75) is 42.8 Å². The highest BCUT2D eigenvalue weighted by Crippen LogP contribution is 2.50. The van der Waals surface area contributed by atoms with Crippen LogP contribution in [0, 0.1) is 0 Å². The van der Waals surface area contributed by atoms with Gasteiger partial charge >= 0.3 is 24.2 Å². The van der Waals surface area contributed by atoms with Crippen molar-refractivity contribution in [2.24, 2.45) is 0 Å². The lowest BCUT2D eigenvalue weighted by Gasteiger charge is -2.33. The molecule has 1 heterocycles. The molecule has 2 atom stereocenters.